The van der Waals surface area contributed by atoms with E-state index in [1.54, 1.807) is 28.7 Å². The van der Waals surface area contributed by atoms with Crippen LogP contribution in [0, 0.1) is 20.7 Å². The third-order valence-corrected chi connectivity index (χ3v) is 3.77. The van der Waals surface area contributed by atoms with E-state index in [1.165, 1.54) is 18.2 Å². The highest BCUT2D eigenvalue weighted by Crippen LogP contribution is 2.34. The first-order valence-electron chi connectivity index (χ1n) is 6.66. The molecule has 0 heterocycles. The molecular formula is C16H9F3INO4. The van der Waals surface area contributed by atoms with Crippen LogP contribution in [0.1, 0.15) is 11.1 Å². The molecule has 0 aliphatic carbocycles. The topological polar surface area (TPSA) is 79.5 Å². The predicted molar refractivity (Wildman–Crippen MR) is 88.3 cm³/mol. The summed E-state index contributed by atoms with van der Waals surface area (Å²) in [5.74, 6) is -2.78. The maximum atomic E-state index is 14.5. The van der Waals surface area contributed by atoms with Crippen LogP contribution in [0.25, 0.3) is 0 Å². The smallest absolute Gasteiger partial charge is 0.387 e. The van der Waals surface area contributed by atoms with Crippen LogP contribution in [0.5, 0.6) is 17.2 Å². The second-order valence-electron chi connectivity index (χ2n) is 4.71. The fraction of sp³-hybridized carbons (Fsp3) is 0.125. The van der Waals surface area contributed by atoms with E-state index < -0.39 is 24.8 Å². The van der Waals surface area contributed by atoms with Crippen LogP contribution >= 0.6 is 22.6 Å². The van der Waals surface area contributed by atoms with Crippen LogP contribution in [0.3, 0.4) is 0 Å². The second-order valence-corrected chi connectivity index (χ2v) is 5.87. The minimum atomic E-state index is -3.10. The molecule has 9 heteroatoms. The van der Waals surface area contributed by atoms with Gasteiger partial charge in [0.1, 0.15) is 11.5 Å². The molecule has 0 fully saturated rings. The summed E-state index contributed by atoms with van der Waals surface area (Å²) in [6, 6.07) is 7.91. The summed E-state index contributed by atoms with van der Waals surface area (Å²) in [6.07, 6.45) is -0.545. The molecule has 2 aromatic rings. The number of halogens is 4. The number of hydrogen-bond donors (Lipinski definition) is 1. The molecule has 130 valence electrons. The Labute approximate surface area is 153 Å². The van der Waals surface area contributed by atoms with Gasteiger partial charge in [0.2, 0.25) is 0 Å². The Balaban J connectivity index is 2.42. The Hall–Kier alpha value is -2.48. The van der Waals surface area contributed by atoms with Crippen LogP contribution in [-0.2, 0) is 11.2 Å². The Morgan fingerprint density at radius 2 is 1.96 bits per heavy atom. The lowest BCUT2D eigenvalue weighted by Gasteiger charge is -2.13. The maximum absolute atomic E-state index is 14.5. The fourth-order valence-electron chi connectivity index (χ4n) is 1.95. The number of ether oxygens (including phenoxy) is 2. The van der Waals surface area contributed by atoms with Crippen LogP contribution in [0.2, 0.25) is 0 Å². The van der Waals surface area contributed by atoms with Crippen LogP contribution in [0.4, 0.5) is 13.2 Å². The van der Waals surface area contributed by atoms with Gasteiger partial charge >= 0.3 is 12.6 Å². The Morgan fingerprint density at radius 1 is 1.28 bits per heavy atom. The molecule has 0 atom stereocenters. The van der Waals surface area contributed by atoms with Gasteiger partial charge in [-0.1, -0.05) is 6.07 Å². The zero-order valence-electron chi connectivity index (χ0n) is 12.3. The molecule has 0 radical (unpaired) electrons. The van der Waals surface area contributed by atoms with Gasteiger partial charge in [-0.15, -0.1) is 0 Å². The lowest BCUT2D eigenvalue weighted by Crippen LogP contribution is -2.05. The van der Waals surface area contributed by atoms with Gasteiger partial charge in [-0.25, -0.2) is 4.39 Å². The average Bonchev–Trinajstić information content (AvgIpc) is 2.53. The van der Waals surface area contributed by atoms with E-state index in [-0.39, 0.29) is 28.4 Å². The summed E-state index contributed by atoms with van der Waals surface area (Å²) in [5, 5.41) is 17.7. The maximum Gasteiger partial charge on any atom is 0.387 e. The number of carbonyl (C=O) groups is 1. The van der Waals surface area contributed by atoms with Crippen molar-refractivity contribution in [2.24, 2.45) is 0 Å². The van der Waals surface area contributed by atoms with Crippen molar-refractivity contribution in [3.63, 3.8) is 0 Å². The molecule has 1 N–H and O–H groups in total. The largest absolute Gasteiger partial charge is 0.481 e. The summed E-state index contributed by atoms with van der Waals surface area (Å²) in [4.78, 5) is 10.8. The van der Waals surface area contributed by atoms with Gasteiger partial charge in [0, 0.05) is 11.6 Å². The lowest BCUT2D eigenvalue weighted by molar-refractivity contribution is -0.136. The highest BCUT2D eigenvalue weighted by atomic mass is 127. The van der Waals surface area contributed by atoms with E-state index in [1.807, 2.05) is 0 Å². The monoisotopic (exact) mass is 463 g/mol. The molecule has 0 saturated carbocycles. The molecule has 25 heavy (non-hydrogen) atoms. The zero-order chi connectivity index (χ0) is 18.6. The molecule has 5 nitrogen and oxygen atoms in total. The Bertz CT molecular complexity index is 852. The predicted octanol–water partition coefficient (Wildman–Crippen LogP) is 4.32. The van der Waals surface area contributed by atoms with Crippen molar-refractivity contribution >= 4 is 28.6 Å². The second kappa shape index (κ2) is 8.06. The van der Waals surface area contributed by atoms with Crippen LogP contribution in [-0.4, -0.2) is 17.7 Å². The summed E-state index contributed by atoms with van der Waals surface area (Å²) in [7, 11) is 0. The third-order valence-electron chi connectivity index (χ3n) is 2.92. The van der Waals surface area contributed by atoms with Gasteiger partial charge in [0.25, 0.3) is 0 Å². The van der Waals surface area contributed by atoms with Crippen molar-refractivity contribution in [2.45, 2.75) is 13.0 Å². The molecule has 0 aromatic heterocycles. The quantitative estimate of drug-likeness (QED) is 0.646. The Morgan fingerprint density at radius 3 is 2.56 bits per heavy atom. The summed E-state index contributed by atoms with van der Waals surface area (Å²) >= 11 is 1.78. The van der Waals surface area contributed by atoms with Gasteiger partial charge in [-0.3, -0.25) is 4.79 Å². The fourth-order valence-corrected chi connectivity index (χ4v) is 2.48. The number of nitriles is 1. The molecular weight excluding hydrogens is 454 g/mol. The molecule has 0 bridgehead atoms. The lowest BCUT2D eigenvalue weighted by atomic mass is 10.1. The first kappa shape index (κ1) is 18.9. The van der Waals surface area contributed by atoms with E-state index >= 15 is 0 Å². The van der Waals surface area contributed by atoms with Gasteiger partial charge in [-0.05, 0) is 40.8 Å². The first-order valence-corrected chi connectivity index (χ1v) is 7.74. The standard InChI is InChI=1S/C16H9F3INO4/c17-14-9(5-13(22)23)1-2-12(20)15(14)24-10-3-8(7-21)4-11(6-10)25-16(18)19/h1-4,6,16H,5H2,(H,22,23). The van der Waals surface area contributed by atoms with E-state index in [4.69, 9.17) is 15.1 Å². The van der Waals surface area contributed by atoms with E-state index in [2.05, 4.69) is 4.74 Å². The van der Waals surface area contributed by atoms with Gasteiger partial charge in [0.05, 0.1) is 21.6 Å². The van der Waals surface area contributed by atoms with Crippen molar-refractivity contribution in [2.75, 3.05) is 0 Å². The molecule has 2 aromatic carbocycles. The number of carboxylic acid groups (broad SMARTS) is 1. The highest BCUT2D eigenvalue weighted by molar-refractivity contribution is 14.1. The van der Waals surface area contributed by atoms with Crippen molar-refractivity contribution < 1.29 is 32.5 Å². The van der Waals surface area contributed by atoms with Crippen molar-refractivity contribution in [3.8, 4) is 23.3 Å². The van der Waals surface area contributed by atoms with Crippen molar-refractivity contribution in [1.82, 2.24) is 0 Å². The zero-order valence-corrected chi connectivity index (χ0v) is 14.5. The number of nitrogens with zero attached hydrogens (tertiary/aromatic N) is 1. The molecule has 0 spiro atoms. The highest BCUT2D eigenvalue weighted by Gasteiger charge is 2.17. The van der Waals surface area contributed by atoms with Crippen molar-refractivity contribution in [3.05, 3.63) is 50.8 Å². The number of hydrogen-bond acceptors (Lipinski definition) is 4. The molecule has 0 aliphatic heterocycles. The normalized spacial score (nSPS) is 10.4. The molecule has 0 amide bonds. The summed E-state index contributed by atoms with van der Waals surface area (Å²) < 4.78 is 49.1. The number of aliphatic carboxylic acids is 1. The van der Waals surface area contributed by atoms with E-state index in [0.717, 1.165) is 12.1 Å². The first-order chi connectivity index (χ1) is 11.8. The average molecular weight is 463 g/mol. The van der Waals surface area contributed by atoms with Crippen LogP contribution < -0.4 is 9.47 Å². The van der Waals surface area contributed by atoms with Crippen molar-refractivity contribution in [1.29, 1.82) is 5.26 Å². The molecule has 2 rings (SSSR count). The minimum Gasteiger partial charge on any atom is -0.481 e. The van der Waals surface area contributed by atoms with E-state index in [9.17, 15) is 18.0 Å². The number of benzene rings is 2. The van der Waals surface area contributed by atoms with Gasteiger partial charge in [0.15, 0.2) is 11.6 Å². The summed E-state index contributed by atoms with van der Waals surface area (Å²) in [6.45, 7) is -3.10. The Kier molecular flexibility index (Phi) is 6.08. The SMILES string of the molecule is N#Cc1cc(Oc2c(I)ccc(CC(=O)O)c2F)cc(OC(F)F)c1. The minimum absolute atomic E-state index is 0.0229. The number of rotatable bonds is 6. The molecule has 0 unspecified atom stereocenters. The molecule has 0 aliphatic rings. The number of alkyl halides is 2. The molecule has 0 saturated heterocycles. The third kappa shape index (κ3) is 4.99. The van der Waals surface area contributed by atoms with Gasteiger partial charge in [-0.2, -0.15) is 14.0 Å². The van der Waals surface area contributed by atoms with Crippen LogP contribution in [0.15, 0.2) is 30.3 Å². The van der Waals surface area contributed by atoms with E-state index in [0.29, 0.717) is 3.57 Å². The van der Waals surface area contributed by atoms with Gasteiger partial charge < -0.3 is 14.6 Å². The number of carboxylic acids is 1. The summed E-state index contributed by atoms with van der Waals surface area (Å²) in [5.41, 5.74) is -0.117.